The van der Waals surface area contributed by atoms with Gasteiger partial charge in [-0.15, -0.1) is 0 Å². The number of nitrogens with one attached hydrogen (secondary N) is 1. The second-order valence-corrected chi connectivity index (χ2v) is 4.63. The molecule has 110 valence electrons. The highest BCUT2D eigenvalue weighted by Gasteiger charge is 2.14. The van der Waals surface area contributed by atoms with Crippen molar-refractivity contribution in [1.29, 1.82) is 0 Å². The molecule has 0 spiro atoms. The molecule has 0 aliphatic rings. The van der Waals surface area contributed by atoms with Gasteiger partial charge in [0.2, 0.25) is 5.91 Å². The molecule has 0 saturated heterocycles. The van der Waals surface area contributed by atoms with Gasteiger partial charge >= 0.3 is 5.97 Å². The molecule has 0 fully saturated rings. The van der Waals surface area contributed by atoms with E-state index in [-0.39, 0.29) is 25.0 Å². The molecule has 5 nitrogen and oxygen atoms in total. The Morgan fingerprint density at radius 2 is 2.00 bits per heavy atom. The Balaban J connectivity index is 2.29. The third-order valence-electron chi connectivity index (χ3n) is 2.77. The van der Waals surface area contributed by atoms with Gasteiger partial charge in [0.05, 0.1) is 13.0 Å². The van der Waals surface area contributed by atoms with E-state index in [9.17, 15) is 9.59 Å². The Hall–Kier alpha value is -1.88. The van der Waals surface area contributed by atoms with Crippen molar-refractivity contribution < 1.29 is 19.4 Å². The first-order chi connectivity index (χ1) is 9.61. The lowest BCUT2D eigenvalue weighted by atomic mass is 10.1. The Morgan fingerprint density at radius 1 is 1.30 bits per heavy atom. The summed E-state index contributed by atoms with van der Waals surface area (Å²) in [5, 5.41) is 11.5. The monoisotopic (exact) mass is 279 g/mol. The van der Waals surface area contributed by atoms with Crippen molar-refractivity contribution in [1.82, 2.24) is 5.32 Å². The van der Waals surface area contributed by atoms with Crippen molar-refractivity contribution in [2.45, 2.75) is 38.8 Å². The summed E-state index contributed by atoms with van der Waals surface area (Å²) in [4.78, 5) is 22.4. The van der Waals surface area contributed by atoms with Crippen LogP contribution in [-0.4, -0.2) is 29.6 Å². The molecule has 0 aromatic heterocycles. The van der Waals surface area contributed by atoms with E-state index in [0.717, 1.165) is 12.0 Å². The SMILES string of the molecule is CCCC(CC(=O)O)NC(=O)COCc1ccccc1. The second kappa shape index (κ2) is 9.09. The van der Waals surface area contributed by atoms with Gasteiger partial charge in [-0.05, 0) is 12.0 Å². The fourth-order valence-electron chi connectivity index (χ4n) is 1.89. The average molecular weight is 279 g/mol. The first-order valence-electron chi connectivity index (χ1n) is 6.74. The van der Waals surface area contributed by atoms with Crippen LogP contribution >= 0.6 is 0 Å². The number of ether oxygens (including phenoxy) is 1. The van der Waals surface area contributed by atoms with Gasteiger partial charge in [0.25, 0.3) is 0 Å². The van der Waals surface area contributed by atoms with Crippen molar-refractivity contribution in [3.63, 3.8) is 0 Å². The van der Waals surface area contributed by atoms with Crippen LogP contribution in [0.1, 0.15) is 31.7 Å². The van der Waals surface area contributed by atoms with Crippen molar-refractivity contribution in [2.75, 3.05) is 6.61 Å². The Morgan fingerprint density at radius 3 is 2.60 bits per heavy atom. The predicted octanol–water partition coefficient (Wildman–Crippen LogP) is 1.96. The topological polar surface area (TPSA) is 75.6 Å². The first kappa shape index (κ1) is 16.2. The van der Waals surface area contributed by atoms with Crippen LogP contribution in [-0.2, 0) is 20.9 Å². The number of carboxylic acids is 1. The molecule has 5 heteroatoms. The van der Waals surface area contributed by atoms with E-state index in [1.54, 1.807) is 0 Å². The summed E-state index contributed by atoms with van der Waals surface area (Å²) < 4.78 is 5.31. The maximum atomic E-state index is 11.7. The fraction of sp³-hybridized carbons (Fsp3) is 0.467. The lowest BCUT2D eigenvalue weighted by Gasteiger charge is -2.16. The number of amides is 1. The lowest BCUT2D eigenvalue weighted by Crippen LogP contribution is -2.38. The Kier molecular flexibility index (Phi) is 7.35. The van der Waals surface area contributed by atoms with Gasteiger partial charge in [-0.1, -0.05) is 43.7 Å². The fourth-order valence-corrected chi connectivity index (χ4v) is 1.89. The Bertz CT molecular complexity index is 419. The molecule has 2 N–H and O–H groups in total. The molecule has 0 aliphatic heterocycles. The summed E-state index contributed by atoms with van der Waals surface area (Å²) in [7, 11) is 0. The molecule has 0 bridgehead atoms. The van der Waals surface area contributed by atoms with Gasteiger partial charge in [-0.2, -0.15) is 0 Å². The number of rotatable bonds is 9. The third-order valence-corrected chi connectivity index (χ3v) is 2.77. The summed E-state index contributed by atoms with van der Waals surface area (Å²) >= 11 is 0. The van der Waals surface area contributed by atoms with Gasteiger partial charge in [-0.25, -0.2) is 0 Å². The standard InChI is InChI=1S/C15H21NO4/c1-2-6-13(9-15(18)19)16-14(17)11-20-10-12-7-4-3-5-8-12/h3-5,7-8,13H,2,6,9-11H2,1H3,(H,16,17)(H,18,19). The van der Waals surface area contributed by atoms with Gasteiger partial charge in [-0.3, -0.25) is 9.59 Å². The number of hydrogen-bond donors (Lipinski definition) is 2. The maximum Gasteiger partial charge on any atom is 0.305 e. The van der Waals surface area contributed by atoms with Crippen LogP contribution in [0, 0.1) is 0 Å². The number of carbonyl (C=O) groups is 2. The molecule has 1 aromatic rings. The zero-order chi connectivity index (χ0) is 14.8. The molecule has 1 unspecified atom stereocenters. The molecule has 1 atom stereocenters. The molecule has 20 heavy (non-hydrogen) atoms. The number of benzene rings is 1. The zero-order valence-corrected chi connectivity index (χ0v) is 11.7. The van der Waals surface area contributed by atoms with E-state index < -0.39 is 5.97 Å². The van der Waals surface area contributed by atoms with E-state index in [1.807, 2.05) is 37.3 Å². The van der Waals surface area contributed by atoms with Crippen LogP contribution in [0.4, 0.5) is 0 Å². The summed E-state index contributed by atoms with van der Waals surface area (Å²) in [5.74, 6) is -1.19. The minimum absolute atomic E-state index is 0.0573. The molecule has 1 rings (SSSR count). The Labute approximate surface area is 118 Å². The molecule has 0 heterocycles. The summed E-state index contributed by atoms with van der Waals surface area (Å²) in [6.45, 7) is 2.26. The van der Waals surface area contributed by atoms with Gasteiger partial charge in [0, 0.05) is 6.04 Å². The van der Waals surface area contributed by atoms with E-state index in [2.05, 4.69) is 5.32 Å². The summed E-state index contributed by atoms with van der Waals surface area (Å²) in [6.07, 6.45) is 1.41. The lowest BCUT2D eigenvalue weighted by molar-refractivity contribution is -0.138. The van der Waals surface area contributed by atoms with Crippen molar-refractivity contribution in [3.05, 3.63) is 35.9 Å². The maximum absolute atomic E-state index is 11.7. The van der Waals surface area contributed by atoms with Crippen LogP contribution in [0.5, 0.6) is 0 Å². The third kappa shape index (κ3) is 6.89. The quantitative estimate of drug-likeness (QED) is 0.724. The first-order valence-corrected chi connectivity index (χ1v) is 6.74. The highest BCUT2D eigenvalue weighted by atomic mass is 16.5. The van der Waals surface area contributed by atoms with Crippen molar-refractivity contribution >= 4 is 11.9 Å². The molecular formula is C15H21NO4. The zero-order valence-electron chi connectivity index (χ0n) is 11.7. The number of hydrogen-bond acceptors (Lipinski definition) is 3. The predicted molar refractivity (Wildman–Crippen MR) is 75.2 cm³/mol. The van der Waals surface area contributed by atoms with E-state index in [1.165, 1.54) is 0 Å². The normalized spacial score (nSPS) is 11.8. The van der Waals surface area contributed by atoms with E-state index >= 15 is 0 Å². The molecule has 0 radical (unpaired) electrons. The van der Waals surface area contributed by atoms with Crippen LogP contribution in [0.15, 0.2) is 30.3 Å². The smallest absolute Gasteiger partial charge is 0.305 e. The highest BCUT2D eigenvalue weighted by molar-refractivity contribution is 5.78. The van der Waals surface area contributed by atoms with E-state index in [4.69, 9.17) is 9.84 Å². The van der Waals surface area contributed by atoms with Crippen molar-refractivity contribution in [3.8, 4) is 0 Å². The van der Waals surface area contributed by atoms with Gasteiger partial charge < -0.3 is 15.2 Å². The summed E-state index contributed by atoms with van der Waals surface area (Å²) in [5.41, 5.74) is 0.996. The van der Waals surface area contributed by atoms with E-state index in [0.29, 0.717) is 13.0 Å². The van der Waals surface area contributed by atoms with Gasteiger partial charge in [0.15, 0.2) is 0 Å². The van der Waals surface area contributed by atoms with Crippen LogP contribution in [0.25, 0.3) is 0 Å². The molecule has 1 amide bonds. The molecule has 1 aromatic carbocycles. The number of aliphatic carboxylic acids is 1. The summed E-state index contributed by atoms with van der Waals surface area (Å²) in [6, 6.07) is 9.23. The van der Waals surface area contributed by atoms with Gasteiger partial charge in [0.1, 0.15) is 6.61 Å². The van der Waals surface area contributed by atoms with Crippen molar-refractivity contribution in [2.24, 2.45) is 0 Å². The van der Waals surface area contributed by atoms with Crippen LogP contribution in [0.3, 0.4) is 0 Å². The minimum Gasteiger partial charge on any atom is -0.481 e. The number of carbonyl (C=O) groups excluding carboxylic acids is 1. The molecule has 0 saturated carbocycles. The second-order valence-electron chi connectivity index (χ2n) is 4.63. The molecular weight excluding hydrogens is 258 g/mol. The highest BCUT2D eigenvalue weighted by Crippen LogP contribution is 2.03. The molecule has 0 aliphatic carbocycles. The minimum atomic E-state index is -0.908. The number of carboxylic acid groups (broad SMARTS) is 1. The van der Waals surface area contributed by atoms with Crippen LogP contribution in [0.2, 0.25) is 0 Å². The largest absolute Gasteiger partial charge is 0.481 e. The average Bonchev–Trinajstić information content (AvgIpc) is 2.39. The van der Waals surface area contributed by atoms with Crippen LogP contribution < -0.4 is 5.32 Å².